The number of fused-ring (bicyclic) bond motifs is 1. The minimum Gasteiger partial charge on any atom is -0.385 e. The van der Waals surface area contributed by atoms with Crippen LogP contribution >= 0.6 is 11.3 Å². The number of benzene rings is 1. The Hall–Kier alpha value is -2.84. The van der Waals surface area contributed by atoms with Crippen LogP contribution in [0.2, 0.25) is 0 Å². The van der Waals surface area contributed by atoms with Crippen LogP contribution in [0.1, 0.15) is 32.2 Å². The van der Waals surface area contributed by atoms with Gasteiger partial charge in [-0.25, -0.2) is 19.9 Å². The van der Waals surface area contributed by atoms with Crippen molar-refractivity contribution in [1.82, 2.24) is 24.5 Å². The van der Waals surface area contributed by atoms with E-state index in [1.165, 1.54) is 17.7 Å². The summed E-state index contributed by atoms with van der Waals surface area (Å²) in [4.78, 5) is 18.6. The summed E-state index contributed by atoms with van der Waals surface area (Å²) in [7, 11) is 1.91. The van der Waals surface area contributed by atoms with E-state index in [1.54, 1.807) is 0 Å². The quantitative estimate of drug-likeness (QED) is 0.533. The number of aliphatic hydroxyl groups excluding tert-OH is 1. The summed E-state index contributed by atoms with van der Waals surface area (Å²) in [6.45, 7) is 4.17. The number of thiazole rings is 1. The molecule has 0 fully saturated rings. The van der Waals surface area contributed by atoms with Crippen molar-refractivity contribution in [3.63, 3.8) is 0 Å². The molecule has 0 aliphatic heterocycles. The number of aromatic nitrogens is 5. The van der Waals surface area contributed by atoms with E-state index < -0.39 is 6.10 Å². The Morgan fingerprint density at radius 3 is 2.57 bits per heavy atom. The van der Waals surface area contributed by atoms with Crippen LogP contribution in [0.3, 0.4) is 0 Å². The lowest BCUT2D eigenvalue weighted by molar-refractivity contribution is 0.139. The first-order valence-corrected chi connectivity index (χ1v) is 9.94. The molecule has 4 rings (SSSR count). The number of nitrogen functional groups attached to an aromatic ring is 1. The second-order valence-electron chi connectivity index (χ2n) is 7.17. The zero-order valence-electron chi connectivity index (χ0n) is 16.0. The van der Waals surface area contributed by atoms with Crippen LogP contribution in [0.25, 0.3) is 32.3 Å². The average Bonchev–Trinajstić information content (AvgIpc) is 3.23. The Morgan fingerprint density at radius 2 is 1.89 bits per heavy atom. The van der Waals surface area contributed by atoms with Crippen molar-refractivity contribution < 1.29 is 5.11 Å². The molecular formula is C20H22N6OS. The van der Waals surface area contributed by atoms with Gasteiger partial charge in [0.05, 0.1) is 5.69 Å². The lowest BCUT2D eigenvalue weighted by Gasteiger charge is -2.13. The van der Waals surface area contributed by atoms with E-state index >= 15 is 0 Å². The summed E-state index contributed by atoms with van der Waals surface area (Å²) in [5, 5.41) is 11.5. The first-order valence-electron chi connectivity index (χ1n) is 9.13. The number of rotatable bonds is 5. The molecule has 1 aromatic carbocycles. The van der Waals surface area contributed by atoms with Gasteiger partial charge in [0.15, 0.2) is 5.82 Å². The summed E-state index contributed by atoms with van der Waals surface area (Å²) in [5.41, 5.74) is 9.15. The van der Waals surface area contributed by atoms with Crippen LogP contribution in [0, 0.1) is 5.92 Å². The van der Waals surface area contributed by atoms with Gasteiger partial charge in [-0.15, -0.1) is 0 Å². The maximum absolute atomic E-state index is 10.7. The van der Waals surface area contributed by atoms with Gasteiger partial charge in [0.1, 0.15) is 39.3 Å². The van der Waals surface area contributed by atoms with Gasteiger partial charge in [0.25, 0.3) is 0 Å². The molecule has 0 saturated heterocycles. The van der Waals surface area contributed by atoms with E-state index in [0.717, 1.165) is 26.8 Å². The molecule has 3 N–H and O–H groups in total. The van der Waals surface area contributed by atoms with E-state index in [9.17, 15) is 5.11 Å². The van der Waals surface area contributed by atoms with Gasteiger partial charge < -0.3 is 15.4 Å². The summed E-state index contributed by atoms with van der Waals surface area (Å²) >= 11 is 1.44. The Balaban J connectivity index is 1.93. The van der Waals surface area contributed by atoms with Gasteiger partial charge in [-0.1, -0.05) is 55.5 Å². The predicted molar refractivity (Wildman–Crippen MR) is 112 cm³/mol. The first-order chi connectivity index (χ1) is 13.5. The summed E-state index contributed by atoms with van der Waals surface area (Å²) < 4.78 is 1.93. The molecule has 7 nitrogen and oxygen atoms in total. The predicted octanol–water partition coefficient (Wildman–Crippen LogP) is 3.82. The maximum atomic E-state index is 10.7. The van der Waals surface area contributed by atoms with Crippen molar-refractivity contribution in [2.45, 2.75) is 26.4 Å². The zero-order chi connectivity index (χ0) is 19.8. The number of hydrogen-bond acceptors (Lipinski definition) is 7. The molecule has 4 aromatic rings. The summed E-state index contributed by atoms with van der Waals surface area (Å²) in [5.74, 6) is 1.34. The number of imidazole rings is 1. The smallest absolute Gasteiger partial charge is 0.154 e. The number of nitrogens with zero attached hydrogens (tertiary/aromatic N) is 5. The van der Waals surface area contributed by atoms with Crippen molar-refractivity contribution in [3.8, 4) is 22.0 Å². The molecule has 0 amide bonds. The SMILES string of the molecule is CC(C)CC(O)c1nc(-c2ccccc2)c(-c2nc3c(N)ncnc3s2)n1C. The lowest BCUT2D eigenvalue weighted by Crippen LogP contribution is -2.09. The normalized spacial score (nSPS) is 12.8. The van der Waals surface area contributed by atoms with Gasteiger partial charge in [0.2, 0.25) is 0 Å². The molecule has 1 unspecified atom stereocenters. The molecule has 0 aliphatic carbocycles. The maximum Gasteiger partial charge on any atom is 0.154 e. The zero-order valence-corrected chi connectivity index (χ0v) is 16.8. The highest BCUT2D eigenvalue weighted by molar-refractivity contribution is 7.21. The molecule has 0 aliphatic rings. The van der Waals surface area contributed by atoms with Crippen LogP contribution < -0.4 is 5.73 Å². The van der Waals surface area contributed by atoms with Crippen molar-refractivity contribution in [2.24, 2.45) is 13.0 Å². The molecule has 0 spiro atoms. The monoisotopic (exact) mass is 394 g/mol. The number of aliphatic hydroxyl groups is 1. The molecule has 8 heteroatoms. The van der Waals surface area contributed by atoms with E-state index in [-0.39, 0.29) is 0 Å². The van der Waals surface area contributed by atoms with E-state index in [0.29, 0.717) is 29.5 Å². The van der Waals surface area contributed by atoms with E-state index in [1.807, 2.05) is 41.9 Å². The summed E-state index contributed by atoms with van der Waals surface area (Å²) in [6, 6.07) is 9.92. The third-order valence-electron chi connectivity index (χ3n) is 4.60. The molecule has 0 saturated carbocycles. The molecule has 144 valence electrons. The Bertz CT molecular complexity index is 1120. The highest BCUT2D eigenvalue weighted by atomic mass is 32.1. The fourth-order valence-electron chi connectivity index (χ4n) is 3.28. The third kappa shape index (κ3) is 3.25. The van der Waals surface area contributed by atoms with E-state index in [2.05, 4.69) is 28.8 Å². The van der Waals surface area contributed by atoms with Crippen LogP contribution in [0.5, 0.6) is 0 Å². The third-order valence-corrected chi connectivity index (χ3v) is 5.57. The molecule has 1 atom stereocenters. The van der Waals surface area contributed by atoms with Crippen LogP contribution in [0.15, 0.2) is 36.7 Å². The topological polar surface area (TPSA) is 103 Å². The minimum absolute atomic E-state index is 0.354. The molecule has 28 heavy (non-hydrogen) atoms. The number of nitrogens with two attached hydrogens (primary N) is 1. The highest BCUT2D eigenvalue weighted by Gasteiger charge is 2.25. The molecule has 3 heterocycles. The summed E-state index contributed by atoms with van der Waals surface area (Å²) in [6.07, 6.45) is 1.43. The molecule has 3 aromatic heterocycles. The molecule has 0 radical (unpaired) electrons. The first kappa shape index (κ1) is 18.5. The van der Waals surface area contributed by atoms with Crippen LogP contribution in [-0.4, -0.2) is 29.6 Å². The fraction of sp³-hybridized carbons (Fsp3) is 0.300. The Morgan fingerprint density at radius 1 is 1.14 bits per heavy atom. The van der Waals surface area contributed by atoms with Gasteiger partial charge in [-0.3, -0.25) is 0 Å². The van der Waals surface area contributed by atoms with Crippen LogP contribution in [0.4, 0.5) is 5.82 Å². The minimum atomic E-state index is -0.652. The number of hydrogen-bond donors (Lipinski definition) is 2. The Labute approximate surface area is 166 Å². The fourth-order valence-corrected chi connectivity index (χ4v) is 4.28. The standard InChI is InChI=1S/C20H22N6OS/c1-11(2)9-13(27)18-24-14(12-7-5-4-6-8-12)16(26(18)3)20-25-15-17(21)22-10-23-19(15)28-20/h4-8,10-11,13,27H,9H2,1-3H3,(H2,21,22,23). The van der Waals surface area contributed by atoms with Gasteiger partial charge in [-0.05, 0) is 12.3 Å². The van der Waals surface area contributed by atoms with Crippen molar-refractivity contribution in [2.75, 3.05) is 5.73 Å². The van der Waals surface area contributed by atoms with Gasteiger partial charge in [-0.2, -0.15) is 0 Å². The molecule has 0 bridgehead atoms. The second-order valence-corrected chi connectivity index (χ2v) is 8.15. The van der Waals surface area contributed by atoms with Crippen LogP contribution in [-0.2, 0) is 7.05 Å². The number of anilines is 1. The second kappa shape index (κ2) is 7.29. The van der Waals surface area contributed by atoms with Crippen molar-refractivity contribution >= 4 is 27.5 Å². The molecular weight excluding hydrogens is 372 g/mol. The largest absolute Gasteiger partial charge is 0.385 e. The average molecular weight is 395 g/mol. The van der Waals surface area contributed by atoms with E-state index in [4.69, 9.17) is 10.7 Å². The highest BCUT2D eigenvalue weighted by Crippen LogP contribution is 2.38. The lowest BCUT2D eigenvalue weighted by atomic mass is 10.1. The Kier molecular flexibility index (Phi) is 4.82. The van der Waals surface area contributed by atoms with Crippen molar-refractivity contribution in [3.05, 3.63) is 42.5 Å². The van der Waals surface area contributed by atoms with Gasteiger partial charge >= 0.3 is 0 Å². The van der Waals surface area contributed by atoms with Crippen molar-refractivity contribution in [1.29, 1.82) is 0 Å². The van der Waals surface area contributed by atoms with Gasteiger partial charge in [0, 0.05) is 12.6 Å².